The van der Waals surface area contributed by atoms with E-state index in [4.69, 9.17) is 4.74 Å². The largest absolute Gasteiger partial charge is 0.494 e. The van der Waals surface area contributed by atoms with Gasteiger partial charge in [0.05, 0.1) is 12.7 Å². The minimum atomic E-state index is -4.40. The Bertz CT molecular complexity index is 1080. The van der Waals surface area contributed by atoms with Crippen LogP contribution in [0.3, 0.4) is 0 Å². The quantitative estimate of drug-likeness (QED) is 0.407. The number of alkyl halides is 3. The number of nitrogens with zero attached hydrogens (tertiary/aromatic N) is 1. The molecule has 0 radical (unpaired) electrons. The highest BCUT2D eigenvalue weighted by atomic mass is 32.1. The number of rotatable bonds is 6. The van der Waals surface area contributed by atoms with Crippen LogP contribution in [0.5, 0.6) is 5.75 Å². The number of carbonyl (C=O) groups is 1. The number of hydrogen-bond donors (Lipinski definition) is 1. The Morgan fingerprint density at radius 2 is 2.03 bits per heavy atom. The summed E-state index contributed by atoms with van der Waals surface area (Å²) >= 11 is 1.16. The average Bonchev–Trinajstić information content (AvgIpc) is 3.12. The lowest BCUT2D eigenvalue weighted by molar-refractivity contribution is -0.137. The molecule has 3 aromatic rings. The Hall–Kier alpha value is -3.20. The molecule has 0 aliphatic heterocycles. The highest BCUT2D eigenvalue weighted by Gasteiger charge is 2.30. The molecule has 0 aliphatic carbocycles. The van der Waals surface area contributed by atoms with Gasteiger partial charge < -0.3 is 4.74 Å². The molecule has 9 heteroatoms. The summed E-state index contributed by atoms with van der Waals surface area (Å²) in [5.41, 5.74) is 0.263. The van der Waals surface area contributed by atoms with E-state index in [1.165, 1.54) is 43.7 Å². The van der Waals surface area contributed by atoms with Crippen molar-refractivity contribution in [3.05, 3.63) is 82.1 Å². The number of benzene rings is 2. The number of anilines is 1. The van der Waals surface area contributed by atoms with Gasteiger partial charge in [-0.25, -0.2) is 9.37 Å². The van der Waals surface area contributed by atoms with Crippen molar-refractivity contribution in [2.24, 2.45) is 0 Å². The lowest BCUT2D eigenvalue weighted by atomic mass is 10.1. The van der Waals surface area contributed by atoms with Gasteiger partial charge in [0.25, 0.3) is 0 Å². The molecule has 0 bridgehead atoms. The van der Waals surface area contributed by atoms with E-state index in [0.717, 1.165) is 23.5 Å². The first-order valence-corrected chi connectivity index (χ1v) is 9.49. The number of nitrogens with one attached hydrogen (secondary N) is 1. The molecule has 0 spiro atoms. The molecule has 4 nitrogen and oxygen atoms in total. The van der Waals surface area contributed by atoms with Crippen molar-refractivity contribution in [1.82, 2.24) is 4.98 Å². The summed E-state index contributed by atoms with van der Waals surface area (Å²) in [6.07, 6.45) is 0.0354. The molecule has 3 rings (SSSR count). The van der Waals surface area contributed by atoms with Crippen molar-refractivity contribution in [2.75, 3.05) is 12.4 Å². The number of halogens is 4. The minimum Gasteiger partial charge on any atom is -0.494 e. The lowest BCUT2D eigenvalue weighted by Gasteiger charge is -2.07. The monoisotopic (exact) mass is 436 g/mol. The number of aromatic nitrogens is 1. The molecular formula is C21H16F4N2O2S. The second-order valence-electron chi connectivity index (χ2n) is 6.22. The molecule has 0 unspecified atom stereocenters. The van der Waals surface area contributed by atoms with E-state index in [0.29, 0.717) is 21.1 Å². The van der Waals surface area contributed by atoms with Crippen LogP contribution in [0.2, 0.25) is 0 Å². The van der Waals surface area contributed by atoms with Gasteiger partial charge in [-0.2, -0.15) is 13.2 Å². The standard InChI is InChI=1S/C21H16F4N2O2S/c1-29-18-7-5-13(11-17(18)22)6-8-19(28)27-20-26-12-16(30-20)10-14-3-2-4-15(9-14)21(23,24)25/h2-9,11-12H,10H2,1H3,(H,26,27,28)/b8-6+. The Morgan fingerprint density at radius 3 is 2.73 bits per heavy atom. The molecule has 0 fully saturated rings. The summed E-state index contributed by atoms with van der Waals surface area (Å²) in [5, 5.41) is 2.89. The predicted octanol–water partition coefficient (Wildman–Crippen LogP) is 5.55. The zero-order valence-corrected chi connectivity index (χ0v) is 16.5. The fraction of sp³-hybridized carbons (Fsp3) is 0.143. The Labute approximate surface area is 173 Å². The van der Waals surface area contributed by atoms with Crippen LogP contribution in [0, 0.1) is 5.82 Å². The highest BCUT2D eigenvalue weighted by Crippen LogP contribution is 2.30. The zero-order chi connectivity index (χ0) is 21.7. The summed E-state index contributed by atoms with van der Waals surface area (Å²) in [4.78, 5) is 16.8. The molecule has 1 N–H and O–H groups in total. The maximum absolute atomic E-state index is 13.7. The van der Waals surface area contributed by atoms with Gasteiger partial charge >= 0.3 is 6.18 Å². The number of amides is 1. The number of hydrogen-bond acceptors (Lipinski definition) is 4. The number of ether oxygens (including phenoxy) is 1. The first kappa shape index (κ1) is 21.5. The Kier molecular flexibility index (Phi) is 6.51. The summed E-state index contributed by atoms with van der Waals surface area (Å²) < 4.78 is 57.0. The molecule has 1 heterocycles. The van der Waals surface area contributed by atoms with E-state index in [9.17, 15) is 22.4 Å². The van der Waals surface area contributed by atoms with E-state index in [1.54, 1.807) is 12.1 Å². The molecule has 0 atom stereocenters. The molecule has 156 valence electrons. The van der Waals surface area contributed by atoms with Gasteiger partial charge in [-0.05, 0) is 35.4 Å². The van der Waals surface area contributed by atoms with Crippen molar-refractivity contribution in [2.45, 2.75) is 12.6 Å². The third-order valence-corrected chi connectivity index (χ3v) is 4.93. The maximum atomic E-state index is 13.7. The highest BCUT2D eigenvalue weighted by molar-refractivity contribution is 7.15. The third kappa shape index (κ3) is 5.66. The summed E-state index contributed by atoms with van der Waals surface area (Å²) in [6, 6.07) is 9.35. The van der Waals surface area contributed by atoms with Gasteiger partial charge in [-0.15, -0.1) is 11.3 Å². The predicted molar refractivity (Wildman–Crippen MR) is 107 cm³/mol. The molecule has 2 aromatic carbocycles. The van der Waals surface area contributed by atoms with Gasteiger partial charge in [0.15, 0.2) is 16.7 Å². The minimum absolute atomic E-state index is 0.104. The van der Waals surface area contributed by atoms with Gasteiger partial charge in [0, 0.05) is 23.6 Å². The normalized spacial score (nSPS) is 11.6. The summed E-state index contributed by atoms with van der Waals surface area (Å²) in [6.45, 7) is 0. The second kappa shape index (κ2) is 9.08. The van der Waals surface area contributed by atoms with Crippen molar-refractivity contribution in [3.63, 3.8) is 0 Å². The van der Waals surface area contributed by atoms with E-state index < -0.39 is 23.5 Å². The van der Waals surface area contributed by atoms with Crippen LogP contribution in [0.25, 0.3) is 6.08 Å². The van der Waals surface area contributed by atoms with Crippen molar-refractivity contribution in [3.8, 4) is 5.75 Å². The van der Waals surface area contributed by atoms with Crippen LogP contribution in [-0.4, -0.2) is 18.0 Å². The van der Waals surface area contributed by atoms with Crippen LogP contribution in [0.1, 0.15) is 21.6 Å². The van der Waals surface area contributed by atoms with Crippen molar-refractivity contribution < 1.29 is 27.1 Å². The lowest BCUT2D eigenvalue weighted by Crippen LogP contribution is -2.07. The number of thiazole rings is 1. The van der Waals surface area contributed by atoms with Crippen LogP contribution >= 0.6 is 11.3 Å². The fourth-order valence-electron chi connectivity index (χ4n) is 2.61. The van der Waals surface area contributed by atoms with Gasteiger partial charge in [0.2, 0.25) is 5.91 Å². The SMILES string of the molecule is COc1ccc(/C=C/C(=O)Nc2ncc(Cc3cccc(C(F)(F)F)c3)s2)cc1F. The van der Waals surface area contributed by atoms with Crippen LogP contribution in [-0.2, 0) is 17.4 Å². The Morgan fingerprint density at radius 1 is 1.23 bits per heavy atom. The van der Waals surface area contributed by atoms with E-state index in [2.05, 4.69) is 10.3 Å². The third-order valence-electron chi connectivity index (χ3n) is 4.02. The molecule has 30 heavy (non-hydrogen) atoms. The maximum Gasteiger partial charge on any atom is 0.416 e. The molecular weight excluding hydrogens is 420 g/mol. The van der Waals surface area contributed by atoms with E-state index in [1.807, 2.05) is 0 Å². The van der Waals surface area contributed by atoms with E-state index in [-0.39, 0.29) is 12.2 Å². The van der Waals surface area contributed by atoms with Crippen molar-refractivity contribution in [1.29, 1.82) is 0 Å². The summed E-state index contributed by atoms with van der Waals surface area (Å²) in [7, 11) is 1.36. The first-order chi connectivity index (χ1) is 14.2. The summed E-state index contributed by atoms with van der Waals surface area (Å²) in [5.74, 6) is -0.905. The van der Waals surface area contributed by atoms with Gasteiger partial charge in [0.1, 0.15) is 0 Å². The Balaban J connectivity index is 1.61. The van der Waals surface area contributed by atoms with Crippen LogP contribution in [0.15, 0.2) is 54.7 Å². The average molecular weight is 436 g/mol. The smallest absolute Gasteiger partial charge is 0.416 e. The van der Waals surface area contributed by atoms with E-state index >= 15 is 0 Å². The number of carbonyl (C=O) groups excluding carboxylic acids is 1. The fourth-order valence-corrected chi connectivity index (χ4v) is 3.46. The second-order valence-corrected chi connectivity index (χ2v) is 7.34. The molecule has 1 amide bonds. The zero-order valence-electron chi connectivity index (χ0n) is 15.7. The first-order valence-electron chi connectivity index (χ1n) is 8.68. The molecule has 0 saturated carbocycles. The topological polar surface area (TPSA) is 51.2 Å². The van der Waals surface area contributed by atoms with Crippen LogP contribution in [0.4, 0.5) is 22.7 Å². The van der Waals surface area contributed by atoms with Crippen LogP contribution < -0.4 is 10.1 Å². The molecule has 1 aromatic heterocycles. The van der Waals surface area contributed by atoms with Gasteiger partial charge in [-0.1, -0.05) is 24.3 Å². The van der Waals surface area contributed by atoms with Gasteiger partial charge in [-0.3, -0.25) is 10.1 Å². The van der Waals surface area contributed by atoms with Crippen molar-refractivity contribution >= 4 is 28.5 Å². The number of methoxy groups -OCH3 is 1. The molecule has 0 aliphatic rings. The molecule has 0 saturated heterocycles.